The minimum atomic E-state index is -0.238. The lowest BCUT2D eigenvalue weighted by Gasteiger charge is -2.18. The second kappa shape index (κ2) is 9.70. The van der Waals surface area contributed by atoms with Gasteiger partial charge in [-0.15, -0.1) is 0 Å². The standard InChI is InChI=1S/C19H32O3/c1-6-9-15(7-2)10-14(4)11-17-12-16(8-3)18(22-17)13-19(20)21-5/h12,14-15H,6-11,13H2,1-5H3. The van der Waals surface area contributed by atoms with Gasteiger partial charge in [0.15, 0.2) is 0 Å². The lowest BCUT2D eigenvalue weighted by molar-refractivity contribution is -0.140. The molecule has 0 aliphatic carbocycles. The van der Waals surface area contributed by atoms with E-state index in [1.807, 2.05) is 0 Å². The molecule has 1 aromatic rings. The Labute approximate surface area is 135 Å². The van der Waals surface area contributed by atoms with Gasteiger partial charge in [0.25, 0.3) is 0 Å². The van der Waals surface area contributed by atoms with Crippen LogP contribution in [0.4, 0.5) is 0 Å². The van der Waals surface area contributed by atoms with Crippen LogP contribution in [0.3, 0.4) is 0 Å². The Balaban J connectivity index is 2.66. The molecule has 3 heteroatoms. The summed E-state index contributed by atoms with van der Waals surface area (Å²) in [6.45, 7) is 8.93. The molecule has 126 valence electrons. The molecule has 0 fully saturated rings. The smallest absolute Gasteiger partial charge is 0.313 e. The number of furan rings is 1. The summed E-state index contributed by atoms with van der Waals surface area (Å²) >= 11 is 0. The van der Waals surface area contributed by atoms with Crippen LogP contribution in [0.2, 0.25) is 0 Å². The first-order valence-corrected chi connectivity index (χ1v) is 8.71. The molecule has 0 amide bonds. The number of hydrogen-bond acceptors (Lipinski definition) is 3. The van der Waals surface area contributed by atoms with Gasteiger partial charge in [-0.05, 0) is 36.3 Å². The van der Waals surface area contributed by atoms with Crippen LogP contribution >= 0.6 is 0 Å². The van der Waals surface area contributed by atoms with Crippen LogP contribution in [0.15, 0.2) is 10.5 Å². The van der Waals surface area contributed by atoms with Crippen molar-refractivity contribution in [3.8, 4) is 0 Å². The van der Waals surface area contributed by atoms with Gasteiger partial charge in [0.1, 0.15) is 17.9 Å². The van der Waals surface area contributed by atoms with Gasteiger partial charge < -0.3 is 9.15 Å². The third-order valence-corrected chi connectivity index (χ3v) is 4.42. The van der Waals surface area contributed by atoms with Crippen molar-refractivity contribution in [3.05, 3.63) is 23.2 Å². The van der Waals surface area contributed by atoms with E-state index >= 15 is 0 Å². The SMILES string of the molecule is CCCC(CC)CC(C)Cc1cc(CC)c(CC(=O)OC)o1. The lowest BCUT2D eigenvalue weighted by atomic mass is 9.88. The van der Waals surface area contributed by atoms with Crippen LogP contribution in [-0.2, 0) is 28.8 Å². The van der Waals surface area contributed by atoms with Crippen molar-refractivity contribution in [1.29, 1.82) is 0 Å². The number of methoxy groups -OCH3 is 1. The van der Waals surface area contributed by atoms with E-state index in [1.54, 1.807) is 0 Å². The molecule has 0 radical (unpaired) electrons. The average Bonchev–Trinajstić information content (AvgIpc) is 2.87. The van der Waals surface area contributed by atoms with Gasteiger partial charge in [-0.25, -0.2) is 0 Å². The first-order valence-electron chi connectivity index (χ1n) is 8.71. The van der Waals surface area contributed by atoms with E-state index in [-0.39, 0.29) is 12.4 Å². The molecule has 1 aromatic heterocycles. The Hall–Kier alpha value is -1.25. The van der Waals surface area contributed by atoms with Crippen molar-refractivity contribution in [2.45, 2.75) is 72.6 Å². The van der Waals surface area contributed by atoms with E-state index in [2.05, 4.69) is 33.8 Å². The van der Waals surface area contributed by atoms with Crippen LogP contribution in [0.1, 0.15) is 70.5 Å². The third-order valence-electron chi connectivity index (χ3n) is 4.42. The molecule has 1 rings (SSSR count). The van der Waals surface area contributed by atoms with Crippen molar-refractivity contribution in [3.63, 3.8) is 0 Å². The highest BCUT2D eigenvalue weighted by molar-refractivity contribution is 5.72. The quantitative estimate of drug-likeness (QED) is 0.574. The van der Waals surface area contributed by atoms with Crippen molar-refractivity contribution >= 4 is 5.97 Å². The van der Waals surface area contributed by atoms with Crippen LogP contribution < -0.4 is 0 Å². The maximum Gasteiger partial charge on any atom is 0.313 e. The molecule has 22 heavy (non-hydrogen) atoms. The predicted molar refractivity (Wildman–Crippen MR) is 90.0 cm³/mol. The molecule has 0 aliphatic rings. The Bertz CT molecular complexity index is 448. The predicted octanol–water partition coefficient (Wildman–Crippen LogP) is 4.95. The van der Waals surface area contributed by atoms with E-state index in [9.17, 15) is 4.79 Å². The maximum atomic E-state index is 11.5. The number of ether oxygens (including phenoxy) is 1. The number of carbonyl (C=O) groups excluding carboxylic acids is 1. The fourth-order valence-electron chi connectivity index (χ4n) is 3.17. The number of aryl methyl sites for hydroxylation is 1. The second-order valence-corrected chi connectivity index (χ2v) is 6.38. The summed E-state index contributed by atoms with van der Waals surface area (Å²) in [6, 6.07) is 2.12. The van der Waals surface area contributed by atoms with E-state index in [0.717, 1.165) is 35.8 Å². The molecule has 0 bridgehead atoms. The number of carbonyl (C=O) groups is 1. The summed E-state index contributed by atoms with van der Waals surface area (Å²) in [7, 11) is 1.42. The van der Waals surface area contributed by atoms with E-state index in [4.69, 9.17) is 9.15 Å². The fourth-order valence-corrected chi connectivity index (χ4v) is 3.17. The molecule has 2 unspecified atom stereocenters. The van der Waals surface area contributed by atoms with Gasteiger partial charge in [-0.1, -0.05) is 47.0 Å². The molecule has 0 aromatic carbocycles. The van der Waals surface area contributed by atoms with Gasteiger partial charge in [0.2, 0.25) is 0 Å². The molecule has 0 saturated carbocycles. The molecular formula is C19H32O3. The van der Waals surface area contributed by atoms with Gasteiger partial charge >= 0.3 is 5.97 Å². The highest BCUT2D eigenvalue weighted by Gasteiger charge is 2.17. The monoisotopic (exact) mass is 308 g/mol. The summed E-state index contributed by atoms with van der Waals surface area (Å²) in [6.07, 6.45) is 7.15. The zero-order chi connectivity index (χ0) is 16.5. The second-order valence-electron chi connectivity index (χ2n) is 6.38. The largest absolute Gasteiger partial charge is 0.469 e. The zero-order valence-corrected chi connectivity index (χ0v) is 14.9. The van der Waals surface area contributed by atoms with Crippen molar-refractivity contribution in [2.75, 3.05) is 7.11 Å². The number of hydrogen-bond donors (Lipinski definition) is 0. The maximum absolute atomic E-state index is 11.5. The van der Waals surface area contributed by atoms with Crippen LogP contribution in [0.5, 0.6) is 0 Å². The summed E-state index contributed by atoms with van der Waals surface area (Å²) in [5, 5.41) is 0. The van der Waals surface area contributed by atoms with E-state index in [0.29, 0.717) is 5.92 Å². The first-order chi connectivity index (χ1) is 10.5. The minimum absolute atomic E-state index is 0.238. The van der Waals surface area contributed by atoms with Gasteiger partial charge in [0.05, 0.1) is 7.11 Å². The van der Waals surface area contributed by atoms with Crippen molar-refractivity contribution in [1.82, 2.24) is 0 Å². The van der Waals surface area contributed by atoms with Crippen molar-refractivity contribution < 1.29 is 13.9 Å². The normalized spacial score (nSPS) is 13.9. The number of esters is 1. The Kier molecular flexibility index (Phi) is 8.29. The summed E-state index contributed by atoms with van der Waals surface area (Å²) in [5.41, 5.74) is 1.13. The zero-order valence-electron chi connectivity index (χ0n) is 14.9. The Morgan fingerprint density at radius 3 is 2.59 bits per heavy atom. The average molecular weight is 308 g/mol. The highest BCUT2D eigenvalue weighted by Crippen LogP contribution is 2.25. The topological polar surface area (TPSA) is 39.4 Å². The molecule has 1 heterocycles. The molecule has 0 spiro atoms. The molecule has 0 aliphatic heterocycles. The molecule has 0 saturated heterocycles. The fraction of sp³-hybridized carbons (Fsp3) is 0.737. The highest BCUT2D eigenvalue weighted by atomic mass is 16.5. The Morgan fingerprint density at radius 1 is 1.32 bits per heavy atom. The van der Waals surface area contributed by atoms with E-state index < -0.39 is 0 Å². The van der Waals surface area contributed by atoms with Crippen LogP contribution in [-0.4, -0.2) is 13.1 Å². The van der Waals surface area contributed by atoms with Crippen LogP contribution in [0.25, 0.3) is 0 Å². The van der Waals surface area contributed by atoms with Gasteiger partial charge in [-0.2, -0.15) is 0 Å². The van der Waals surface area contributed by atoms with E-state index in [1.165, 1.54) is 32.8 Å². The molecule has 0 N–H and O–H groups in total. The third kappa shape index (κ3) is 5.86. The summed E-state index contributed by atoms with van der Waals surface area (Å²) < 4.78 is 10.7. The molecular weight excluding hydrogens is 276 g/mol. The van der Waals surface area contributed by atoms with Crippen LogP contribution in [0, 0.1) is 11.8 Å². The van der Waals surface area contributed by atoms with Gasteiger partial charge in [0, 0.05) is 6.42 Å². The number of rotatable bonds is 10. The minimum Gasteiger partial charge on any atom is -0.469 e. The molecule has 2 atom stereocenters. The molecule has 3 nitrogen and oxygen atoms in total. The first kappa shape index (κ1) is 18.8. The summed E-state index contributed by atoms with van der Waals surface area (Å²) in [4.78, 5) is 11.5. The Morgan fingerprint density at radius 2 is 2.05 bits per heavy atom. The van der Waals surface area contributed by atoms with Crippen molar-refractivity contribution in [2.24, 2.45) is 11.8 Å². The summed E-state index contributed by atoms with van der Waals surface area (Å²) in [5.74, 6) is 2.97. The van der Waals surface area contributed by atoms with Gasteiger partial charge in [-0.3, -0.25) is 4.79 Å². The lowest BCUT2D eigenvalue weighted by Crippen LogP contribution is -2.08.